The summed E-state index contributed by atoms with van der Waals surface area (Å²) in [5.41, 5.74) is 3.60. The Morgan fingerprint density at radius 1 is 1.04 bits per heavy atom. The van der Waals surface area contributed by atoms with Crippen LogP contribution in [0.5, 0.6) is 5.75 Å². The van der Waals surface area contributed by atoms with Crippen LogP contribution in [0.25, 0.3) is 11.4 Å². The van der Waals surface area contributed by atoms with Crippen LogP contribution < -0.4 is 4.74 Å². The van der Waals surface area contributed by atoms with E-state index in [0.717, 1.165) is 34.6 Å². The van der Waals surface area contributed by atoms with Gasteiger partial charge in [-0.15, -0.1) is 10.2 Å². The highest BCUT2D eigenvalue weighted by Gasteiger charge is 2.16. The molecule has 1 aromatic heterocycles. The summed E-state index contributed by atoms with van der Waals surface area (Å²) in [7, 11) is 1.68. The van der Waals surface area contributed by atoms with Gasteiger partial charge in [-0.05, 0) is 37.1 Å². The first-order valence-electron chi connectivity index (χ1n) is 7.98. The summed E-state index contributed by atoms with van der Waals surface area (Å²) in [5.74, 6) is 2.55. The fraction of sp³-hybridized carbons (Fsp3) is 0.263. The molecule has 0 radical (unpaired) electrons. The topological polar surface area (TPSA) is 39.9 Å². The van der Waals surface area contributed by atoms with E-state index in [1.807, 2.05) is 24.3 Å². The first-order valence-corrected chi connectivity index (χ1v) is 8.97. The predicted octanol–water partition coefficient (Wildman–Crippen LogP) is 4.57. The van der Waals surface area contributed by atoms with Crippen molar-refractivity contribution < 1.29 is 4.74 Å². The molecular formula is C19H21N3OS. The standard InChI is InChI=1S/C19H21N3OS/c1-4-22-18(16-11-7-8-12-17(16)23-3)20-21-19(22)24-13-15-10-6-5-9-14(15)2/h5-12H,4,13H2,1-3H3. The lowest BCUT2D eigenvalue weighted by atomic mass is 10.1. The number of thioether (sulfide) groups is 1. The predicted molar refractivity (Wildman–Crippen MR) is 98.4 cm³/mol. The van der Waals surface area contributed by atoms with E-state index in [4.69, 9.17) is 4.74 Å². The zero-order chi connectivity index (χ0) is 16.9. The van der Waals surface area contributed by atoms with Gasteiger partial charge in [-0.1, -0.05) is 48.2 Å². The Labute approximate surface area is 146 Å². The van der Waals surface area contributed by atoms with Crippen LogP contribution in [0, 0.1) is 6.92 Å². The Kier molecular flexibility index (Phi) is 5.20. The summed E-state index contributed by atoms with van der Waals surface area (Å²) in [6, 6.07) is 16.4. The number of benzene rings is 2. The largest absolute Gasteiger partial charge is 0.496 e. The second kappa shape index (κ2) is 7.53. The fourth-order valence-electron chi connectivity index (χ4n) is 2.62. The Balaban J connectivity index is 1.89. The Morgan fingerprint density at radius 2 is 1.79 bits per heavy atom. The molecule has 4 nitrogen and oxygen atoms in total. The van der Waals surface area contributed by atoms with E-state index in [9.17, 15) is 0 Å². The maximum atomic E-state index is 5.47. The SMILES string of the molecule is CCn1c(SCc2ccccc2C)nnc1-c1ccccc1OC. The summed E-state index contributed by atoms with van der Waals surface area (Å²) in [6.07, 6.45) is 0. The van der Waals surface area contributed by atoms with E-state index >= 15 is 0 Å². The van der Waals surface area contributed by atoms with Gasteiger partial charge in [0.25, 0.3) is 0 Å². The van der Waals surface area contributed by atoms with Gasteiger partial charge < -0.3 is 9.30 Å². The third kappa shape index (κ3) is 3.31. The minimum absolute atomic E-state index is 0.815. The van der Waals surface area contributed by atoms with Crippen LogP contribution in [0.2, 0.25) is 0 Å². The van der Waals surface area contributed by atoms with Crippen LogP contribution in [-0.2, 0) is 12.3 Å². The molecule has 0 unspecified atom stereocenters. The van der Waals surface area contributed by atoms with Crippen molar-refractivity contribution >= 4 is 11.8 Å². The van der Waals surface area contributed by atoms with Crippen LogP contribution in [0.3, 0.4) is 0 Å². The van der Waals surface area contributed by atoms with Gasteiger partial charge >= 0.3 is 0 Å². The number of aromatic nitrogens is 3. The van der Waals surface area contributed by atoms with Crippen molar-refractivity contribution in [1.29, 1.82) is 0 Å². The van der Waals surface area contributed by atoms with E-state index < -0.39 is 0 Å². The van der Waals surface area contributed by atoms with Crippen LogP contribution >= 0.6 is 11.8 Å². The van der Waals surface area contributed by atoms with Crippen LogP contribution in [0.1, 0.15) is 18.1 Å². The highest BCUT2D eigenvalue weighted by molar-refractivity contribution is 7.98. The average Bonchev–Trinajstić information content (AvgIpc) is 3.03. The van der Waals surface area contributed by atoms with Gasteiger partial charge in [0.15, 0.2) is 11.0 Å². The van der Waals surface area contributed by atoms with E-state index in [-0.39, 0.29) is 0 Å². The number of methoxy groups -OCH3 is 1. The molecular weight excluding hydrogens is 318 g/mol. The Hall–Kier alpha value is -2.27. The Bertz CT molecular complexity index is 829. The monoisotopic (exact) mass is 339 g/mol. The molecule has 3 rings (SSSR count). The minimum atomic E-state index is 0.815. The maximum Gasteiger partial charge on any atom is 0.191 e. The van der Waals surface area contributed by atoms with Crippen LogP contribution in [0.15, 0.2) is 53.7 Å². The number of nitrogens with zero attached hydrogens (tertiary/aromatic N) is 3. The molecule has 0 spiro atoms. The summed E-state index contributed by atoms with van der Waals surface area (Å²) >= 11 is 1.72. The fourth-order valence-corrected chi connectivity index (χ4v) is 3.70. The first-order chi connectivity index (χ1) is 11.7. The van der Waals surface area contributed by atoms with Gasteiger partial charge in [0.05, 0.1) is 12.7 Å². The molecule has 5 heteroatoms. The lowest BCUT2D eigenvalue weighted by Gasteiger charge is -2.10. The molecule has 0 fully saturated rings. The highest BCUT2D eigenvalue weighted by Crippen LogP contribution is 2.31. The number of aryl methyl sites for hydroxylation is 1. The van der Waals surface area contributed by atoms with Gasteiger partial charge in [-0.2, -0.15) is 0 Å². The smallest absolute Gasteiger partial charge is 0.191 e. The quantitative estimate of drug-likeness (QED) is 0.617. The van der Waals surface area contributed by atoms with Gasteiger partial charge in [0, 0.05) is 12.3 Å². The number of hydrogen-bond acceptors (Lipinski definition) is 4. The molecule has 3 aromatic rings. The molecule has 0 N–H and O–H groups in total. The molecule has 0 amide bonds. The van der Waals surface area contributed by atoms with Crippen molar-refractivity contribution in [2.75, 3.05) is 7.11 Å². The zero-order valence-corrected chi connectivity index (χ0v) is 15.0. The van der Waals surface area contributed by atoms with Crippen molar-refractivity contribution in [2.45, 2.75) is 31.3 Å². The highest BCUT2D eigenvalue weighted by atomic mass is 32.2. The van der Waals surface area contributed by atoms with Gasteiger partial charge in [0.2, 0.25) is 0 Å². The van der Waals surface area contributed by atoms with Crippen LogP contribution in [-0.4, -0.2) is 21.9 Å². The zero-order valence-electron chi connectivity index (χ0n) is 14.2. The summed E-state index contributed by atoms with van der Waals surface area (Å²) in [6.45, 7) is 5.07. The summed E-state index contributed by atoms with van der Waals surface area (Å²) in [5, 5.41) is 9.75. The molecule has 0 aliphatic heterocycles. The van der Waals surface area contributed by atoms with Crippen molar-refractivity contribution in [1.82, 2.24) is 14.8 Å². The third-order valence-electron chi connectivity index (χ3n) is 4.00. The molecule has 124 valence electrons. The number of ether oxygens (including phenoxy) is 1. The molecule has 0 saturated carbocycles. The molecule has 0 bridgehead atoms. The van der Waals surface area contributed by atoms with Crippen molar-refractivity contribution in [3.63, 3.8) is 0 Å². The van der Waals surface area contributed by atoms with Crippen molar-refractivity contribution in [3.05, 3.63) is 59.7 Å². The first kappa shape index (κ1) is 16.6. The maximum absolute atomic E-state index is 5.47. The van der Waals surface area contributed by atoms with E-state index in [1.54, 1.807) is 18.9 Å². The third-order valence-corrected chi connectivity index (χ3v) is 5.01. The number of rotatable bonds is 6. The van der Waals surface area contributed by atoms with Gasteiger partial charge in [-0.3, -0.25) is 0 Å². The van der Waals surface area contributed by atoms with E-state index in [1.165, 1.54) is 11.1 Å². The average molecular weight is 339 g/mol. The molecule has 0 aliphatic carbocycles. The lowest BCUT2D eigenvalue weighted by Crippen LogP contribution is -2.01. The normalized spacial score (nSPS) is 10.8. The molecule has 0 aliphatic rings. The molecule has 0 saturated heterocycles. The number of para-hydroxylation sites is 1. The van der Waals surface area contributed by atoms with Crippen LogP contribution in [0.4, 0.5) is 0 Å². The molecule has 0 atom stereocenters. The van der Waals surface area contributed by atoms with Gasteiger partial charge in [0.1, 0.15) is 5.75 Å². The lowest BCUT2D eigenvalue weighted by molar-refractivity contribution is 0.416. The summed E-state index contributed by atoms with van der Waals surface area (Å²) < 4.78 is 7.61. The Morgan fingerprint density at radius 3 is 2.54 bits per heavy atom. The summed E-state index contributed by atoms with van der Waals surface area (Å²) in [4.78, 5) is 0. The number of hydrogen-bond donors (Lipinski definition) is 0. The second-order valence-electron chi connectivity index (χ2n) is 5.47. The molecule has 24 heavy (non-hydrogen) atoms. The van der Waals surface area contributed by atoms with E-state index in [0.29, 0.717) is 0 Å². The van der Waals surface area contributed by atoms with Crippen molar-refractivity contribution in [2.24, 2.45) is 0 Å². The molecule has 2 aromatic carbocycles. The van der Waals surface area contributed by atoms with Gasteiger partial charge in [-0.25, -0.2) is 0 Å². The minimum Gasteiger partial charge on any atom is -0.496 e. The van der Waals surface area contributed by atoms with Crippen molar-refractivity contribution in [3.8, 4) is 17.1 Å². The van der Waals surface area contributed by atoms with E-state index in [2.05, 4.69) is 52.9 Å². The second-order valence-corrected chi connectivity index (χ2v) is 6.41. The molecule has 1 heterocycles.